The van der Waals surface area contributed by atoms with Gasteiger partial charge >= 0.3 is 0 Å². The molecule has 0 aliphatic carbocycles. The Labute approximate surface area is 153 Å². The van der Waals surface area contributed by atoms with Crippen molar-refractivity contribution in [2.45, 2.75) is 19.3 Å². The van der Waals surface area contributed by atoms with Crippen molar-refractivity contribution in [3.8, 4) is 23.0 Å². The van der Waals surface area contributed by atoms with Gasteiger partial charge in [0.15, 0.2) is 23.0 Å². The van der Waals surface area contributed by atoms with Crippen LogP contribution in [-0.4, -0.2) is 33.5 Å². The van der Waals surface area contributed by atoms with Gasteiger partial charge in [-0.2, -0.15) is 0 Å². The number of hydrogen-bond donors (Lipinski definition) is 1. The zero-order chi connectivity index (χ0) is 18.4. The molecule has 1 aliphatic rings. The van der Waals surface area contributed by atoms with E-state index in [1.54, 1.807) is 20.3 Å². The van der Waals surface area contributed by atoms with Gasteiger partial charge < -0.3 is 24.3 Å². The summed E-state index contributed by atoms with van der Waals surface area (Å²) < 4.78 is 21.1. The minimum Gasteiger partial charge on any atom is -0.493 e. The van der Waals surface area contributed by atoms with Gasteiger partial charge in [-0.3, -0.25) is 4.79 Å². The van der Waals surface area contributed by atoms with E-state index < -0.39 is 0 Å². The first-order valence-electron chi connectivity index (χ1n) is 8.55. The summed E-state index contributed by atoms with van der Waals surface area (Å²) in [6.07, 6.45) is 2.04. The molecule has 1 amide bonds. The molecule has 138 valence electrons. The Hall–Kier alpha value is -2.89. The second kappa shape index (κ2) is 8.47. The summed E-state index contributed by atoms with van der Waals surface area (Å²) in [5, 5.41) is 2.95. The van der Waals surface area contributed by atoms with E-state index in [1.807, 2.05) is 30.3 Å². The summed E-state index contributed by atoms with van der Waals surface area (Å²) in [6, 6.07) is 11.4. The molecule has 3 rings (SSSR count). The minimum atomic E-state index is -0.0112. The average molecular weight is 357 g/mol. The number of aryl methyl sites for hydroxylation is 1. The maximum absolute atomic E-state index is 12.1. The topological polar surface area (TPSA) is 66.0 Å². The van der Waals surface area contributed by atoms with Crippen LogP contribution in [0.2, 0.25) is 0 Å². The smallest absolute Gasteiger partial charge is 0.231 e. The third-order valence-electron chi connectivity index (χ3n) is 4.21. The van der Waals surface area contributed by atoms with Gasteiger partial charge in [0, 0.05) is 6.54 Å². The van der Waals surface area contributed by atoms with E-state index in [0.29, 0.717) is 24.5 Å². The number of hydrogen-bond acceptors (Lipinski definition) is 5. The predicted molar refractivity (Wildman–Crippen MR) is 97.1 cm³/mol. The fourth-order valence-electron chi connectivity index (χ4n) is 2.86. The van der Waals surface area contributed by atoms with E-state index in [0.717, 1.165) is 29.9 Å². The molecule has 0 bridgehead atoms. The monoisotopic (exact) mass is 357 g/mol. The van der Waals surface area contributed by atoms with Crippen molar-refractivity contribution < 1.29 is 23.7 Å². The molecule has 0 atom stereocenters. The van der Waals surface area contributed by atoms with Crippen molar-refractivity contribution in [3.63, 3.8) is 0 Å². The van der Waals surface area contributed by atoms with Crippen LogP contribution in [0, 0.1) is 0 Å². The van der Waals surface area contributed by atoms with E-state index in [9.17, 15) is 4.79 Å². The molecular weight excluding hydrogens is 334 g/mol. The maximum atomic E-state index is 12.1. The molecule has 0 aromatic heterocycles. The number of nitrogens with one attached hydrogen (secondary N) is 1. The molecule has 0 radical (unpaired) electrons. The number of benzene rings is 2. The maximum Gasteiger partial charge on any atom is 0.231 e. The number of carbonyl (C=O) groups is 1. The molecule has 1 aliphatic heterocycles. The largest absolute Gasteiger partial charge is 0.493 e. The highest BCUT2D eigenvalue weighted by Crippen LogP contribution is 2.32. The van der Waals surface area contributed by atoms with E-state index in [4.69, 9.17) is 18.9 Å². The second-order valence-electron chi connectivity index (χ2n) is 6.01. The van der Waals surface area contributed by atoms with Crippen molar-refractivity contribution in [2.75, 3.05) is 27.6 Å². The summed E-state index contributed by atoms with van der Waals surface area (Å²) in [5.74, 6) is 2.85. The second-order valence-corrected chi connectivity index (χ2v) is 6.01. The van der Waals surface area contributed by atoms with Crippen LogP contribution in [0.3, 0.4) is 0 Å². The predicted octanol–water partition coefficient (Wildman–Crippen LogP) is 2.72. The van der Waals surface area contributed by atoms with Gasteiger partial charge in [0.1, 0.15) is 0 Å². The van der Waals surface area contributed by atoms with E-state index in [2.05, 4.69) is 5.32 Å². The van der Waals surface area contributed by atoms with Gasteiger partial charge in [0.05, 0.1) is 20.6 Å². The lowest BCUT2D eigenvalue weighted by molar-refractivity contribution is -0.120. The van der Waals surface area contributed by atoms with E-state index in [1.165, 1.54) is 5.56 Å². The SMILES string of the molecule is COc1ccc(CC(=O)NCCCc2ccc3c(c2)OCO3)cc1OC. The minimum absolute atomic E-state index is 0.0112. The Bertz CT molecular complexity index is 775. The molecule has 1 N–H and O–H groups in total. The molecule has 1 heterocycles. The fraction of sp³-hybridized carbons (Fsp3) is 0.350. The third-order valence-corrected chi connectivity index (χ3v) is 4.21. The fourth-order valence-corrected chi connectivity index (χ4v) is 2.86. The van der Waals surface area contributed by atoms with Crippen molar-refractivity contribution in [1.29, 1.82) is 0 Å². The number of carbonyl (C=O) groups excluding carboxylic acids is 1. The number of rotatable bonds is 8. The van der Waals surface area contributed by atoms with Crippen LogP contribution in [0.5, 0.6) is 23.0 Å². The van der Waals surface area contributed by atoms with Crippen molar-refractivity contribution in [2.24, 2.45) is 0 Å². The highest BCUT2D eigenvalue weighted by Gasteiger charge is 2.13. The summed E-state index contributed by atoms with van der Waals surface area (Å²) in [4.78, 5) is 12.1. The molecule has 6 heteroatoms. The first-order valence-corrected chi connectivity index (χ1v) is 8.55. The first kappa shape index (κ1) is 17.9. The summed E-state index contributed by atoms with van der Waals surface area (Å²) in [5.41, 5.74) is 2.05. The number of methoxy groups -OCH3 is 2. The molecule has 0 unspecified atom stereocenters. The molecule has 6 nitrogen and oxygen atoms in total. The lowest BCUT2D eigenvalue weighted by atomic mass is 10.1. The Kier molecular flexibility index (Phi) is 5.84. The van der Waals surface area contributed by atoms with Crippen molar-refractivity contribution in [1.82, 2.24) is 5.32 Å². The molecule has 0 saturated heterocycles. The Morgan fingerprint density at radius 3 is 2.58 bits per heavy atom. The van der Waals surface area contributed by atoms with Crippen LogP contribution < -0.4 is 24.3 Å². The van der Waals surface area contributed by atoms with Crippen molar-refractivity contribution in [3.05, 3.63) is 47.5 Å². The third kappa shape index (κ3) is 4.39. The molecule has 0 saturated carbocycles. The Balaban J connectivity index is 1.43. The molecule has 0 spiro atoms. The number of fused-ring (bicyclic) bond motifs is 1. The standard InChI is InChI=1S/C20H23NO5/c1-23-16-7-6-15(11-18(16)24-2)12-20(22)21-9-3-4-14-5-8-17-19(10-14)26-13-25-17/h5-8,10-11H,3-4,9,12-13H2,1-2H3,(H,21,22). The highest BCUT2D eigenvalue weighted by atomic mass is 16.7. The van der Waals surface area contributed by atoms with Gasteiger partial charge in [-0.05, 0) is 48.2 Å². The van der Waals surface area contributed by atoms with Crippen LogP contribution in [0.25, 0.3) is 0 Å². The number of amides is 1. The zero-order valence-electron chi connectivity index (χ0n) is 15.0. The van der Waals surface area contributed by atoms with Crippen LogP contribution in [-0.2, 0) is 17.6 Å². The quantitative estimate of drug-likeness (QED) is 0.736. The van der Waals surface area contributed by atoms with Gasteiger partial charge in [0.2, 0.25) is 12.7 Å². The Morgan fingerprint density at radius 1 is 1.00 bits per heavy atom. The van der Waals surface area contributed by atoms with Crippen molar-refractivity contribution >= 4 is 5.91 Å². The summed E-state index contributed by atoms with van der Waals surface area (Å²) in [7, 11) is 3.17. The summed E-state index contributed by atoms with van der Waals surface area (Å²) in [6.45, 7) is 0.908. The first-order chi connectivity index (χ1) is 12.7. The lowest BCUT2D eigenvalue weighted by Crippen LogP contribution is -2.26. The summed E-state index contributed by atoms with van der Waals surface area (Å²) >= 11 is 0. The lowest BCUT2D eigenvalue weighted by Gasteiger charge is -2.10. The van der Waals surface area contributed by atoms with Crippen LogP contribution in [0.1, 0.15) is 17.5 Å². The molecule has 2 aromatic rings. The normalized spacial score (nSPS) is 11.9. The van der Waals surface area contributed by atoms with E-state index >= 15 is 0 Å². The Morgan fingerprint density at radius 2 is 1.77 bits per heavy atom. The molecule has 0 fully saturated rings. The van der Waals surface area contributed by atoms with Gasteiger partial charge in [0.25, 0.3) is 0 Å². The molecular formula is C20H23NO5. The average Bonchev–Trinajstić information content (AvgIpc) is 3.13. The molecule has 2 aromatic carbocycles. The van der Waals surface area contributed by atoms with Gasteiger partial charge in [-0.15, -0.1) is 0 Å². The van der Waals surface area contributed by atoms with Gasteiger partial charge in [-0.1, -0.05) is 12.1 Å². The van der Waals surface area contributed by atoms with Crippen LogP contribution >= 0.6 is 0 Å². The van der Waals surface area contributed by atoms with Crippen LogP contribution in [0.4, 0.5) is 0 Å². The van der Waals surface area contributed by atoms with Crippen LogP contribution in [0.15, 0.2) is 36.4 Å². The number of ether oxygens (including phenoxy) is 4. The highest BCUT2D eigenvalue weighted by molar-refractivity contribution is 5.78. The van der Waals surface area contributed by atoms with Gasteiger partial charge in [-0.25, -0.2) is 0 Å². The molecule has 26 heavy (non-hydrogen) atoms. The van der Waals surface area contributed by atoms with E-state index in [-0.39, 0.29) is 12.7 Å². The zero-order valence-corrected chi connectivity index (χ0v) is 15.0.